The normalized spacial score (nSPS) is 18.1. The van der Waals surface area contributed by atoms with E-state index in [1.54, 1.807) is 25.1 Å². The zero-order valence-electron chi connectivity index (χ0n) is 16.6. The van der Waals surface area contributed by atoms with Crippen molar-refractivity contribution in [3.63, 3.8) is 0 Å². The summed E-state index contributed by atoms with van der Waals surface area (Å²) in [5, 5.41) is 17.1. The summed E-state index contributed by atoms with van der Waals surface area (Å²) in [4.78, 5) is 27.4. The summed E-state index contributed by atoms with van der Waals surface area (Å²) in [6.07, 6.45) is 0. The predicted molar refractivity (Wildman–Crippen MR) is 116 cm³/mol. The number of anilines is 1. The maximum absolute atomic E-state index is 13.1. The van der Waals surface area contributed by atoms with Crippen molar-refractivity contribution in [3.8, 4) is 0 Å². The van der Waals surface area contributed by atoms with Crippen LogP contribution in [0.25, 0.3) is 16.5 Å². The van der Waals surface area contributed by atoms with E-state index < -0.39 is 17.7 Å². The molecule has 0 aliphatic carbocycles. The van der Waals surface area contributed by atoms with Gasteiger partial charge >= 0.3 is 5.91 Å². The third-order valence-electron chi connectivity index (χ3n) is 5.44. The van der Waals surface area contributed by atoms with Gasteiger partial charge in [0.15, 0.2) is 5.82 Å². The highest BCUT2D eigenvalue weighted by Crippen LogP contribution is 2.42. The van der Waals surface area contributed by atoms with Crippen LogP contribution >= 0.6 is 0 Å². The Bertz CT molecular complexity index is 1350. The van der Waals surface area contributed by atoms with Gasteiger partial charge in [-0.05, 0) is 29.3 Å². The number of aliphatic hydroxyl groups excluding tert-OH is 1. The average Bonchev–Trinajstić information content (AvgIpc) is 3.34. The van der Waals surface area contributed by atoms with Crippen LogP contribution in [0.1, 0.15) is 22.9 Å². The van der Waals surface area contributed by atoms with Gasteiger partial charge in [-0.3, -0.25) is 14.5 Å². The van der Waals surface area contributed by atoms with E-state index in [0.717, 1.165) is 10.8 Å². The lowest BCUT2D eigenvalue weighted by Gasteiger charge is -2.22. The number of hydrogen-bond acceptors (Lipinski definition) is 5. The number of carbonyl (C=O) groups excluding carboxylic acids is 2. The molecule has 1 fully saturated rings. The number of aliphatic hydroxyl groups is 1. The fourth-order valence-electron chi connectivity index (χ4n) is 3.98. The van der Waals surface area contributed by atoms with Gasteiger partial charge < -0.3 is 9.63 Å². The van der Waals surface area contributed by atoms with Crippen molar-refractivity contribution in [2.45, 2.75) is 13.0 Å². The molecule has 3 aromatic carbocycles. The second-order valence-corrected chi connectivity index (χ2v) is 7.44. The minimum atomic E-state index is -0.822. The van der Waals surface area contributed by atoms with E-state index in [0.29, 0.717) is 16.9 Å². The number of hydrogen-bond donors (Lipinski definition) is 1. The second-order valence-electron chi connectivity index (χ2n) is 7.44. The number of carbonyl (C=O) groups is 2. The largest absolute Gasteiger partial charge is 0.507 e. The topological polar surface area (TPSA) is 83.6 Å². The van der Waals surface area contributed by atoms with E-state index in [-0.39, 0.29) is 17.2 Å². The summed E-state index contributed by atoms with van der Waals surface area (Å²) in [6.45, 7) is 1.71. The molecular weight excluding hydrogens is 392 g/mol. The molecule has 1 saturated heterocycles. The minimum Gasteiger partial charge on any atom is -0.507 e. The summed E-state index contributed by atoms with van der Waals surface area (Å²) in [5.41, 5.74) is 1.17. The quantitative estimate of drug-likeness (QED) is 0.299. The number of rotatable bonds is 3. The van der Waals surface area contributed by atoms with Gasteiger partial charge in [-0.1, -0.05) is 71.9 Å². The van der Waals surface area contributed by atoms with Crippen LogP contribution in [0.3, 0.4) is 0 Å². The first kappa shape index (κ1) is 18.8. The molecule has 4 aromatic rings. The summed E-state index contributed by atoms with van der Waals surface area (Å²) in [6, 6.07) is 23.0. The highest BCUT2D eigenvalue weighted by Gasteiger charge is 2.48. The van der Waals surface area contributed by atoms with Crippen molar-refractivity contribution in [2.75, 3.05) is 4.90 Å². The van der Waals surface area contributed by atoms with E-state index in [2.05, 4.69) is 5.16 Å². The molecule has 5 rings (SSSR count). The number of Topliss-reactive ketones (excluding diaryl/α,β-unsaturated/α-hetero) is 1. The molecule has 0 saturated carbocycles. The Morgan fingerprint density at radius 3 is 2.35 bits per heavy atom. The summed E-state index contributed by atoms with van der Waals surface area (Å²) < 4.78 is 5.14. The second kappa shape index (κ2) is 7.25. The molecule has 1 amide bonds. The van der Waals surface area contributed by atoms with Crippen molar-refractivity contribution in [1.29, 1.82) is 0 Å². The minimum absolute atomic E-state index is 0.0205. The molecule has 1 unspecified atom stereocenters. The zero-order chi connectivity index (χ0) is 21.5. The number of amides is 1. The first-order valence-corrected chi connectivity index (χ1v) is 9.83. The third-order valence-corrected chi connectivity index (χ3v) is 5.44. The van der Waals surface area contributed by atoms with Crippen molar-refractivity contribution < 1.29 is 19.2 Å². The monoisotopic (exact) mass is 410 g/mol. The highest BCUT2D eigenvalue weighted by molar-refractivity contribution is 6.51. The molecule has 152 valence electrons. The Kier molecular flexibility index (Phi) is 4.40. The summed E-state index contributed by atoms with van der Waals surface area (Å²) in [7, 11) is 0. The zero-order valence-corrected chi connectivity index (χ0v) is 16.6. The first-order valence-electron chi connectivity index (χ1n) is 9.83. The van der Waals surface area contributed by atoms with E-state index in [1.165, 1.54) is 4.90 Å². The molecule has 0 spiro atoms. The Balaban J connectivity index is 1.72. The van der Waals surface area contributed by atoms with Crippen LogP contribution in [0.2, 0.25) is 0 Å². The van der Waals surface area contributed by atoms with Crippen molar-refractivity contribution in [3.05, 3.63) is 101 Å². The fourth-order valence-corrected chi connectivity index (χ4v) is 3.98. The molecule has 1 aliphatic rings. The Morgan fingerprint density at radius 1 is 0.935 bits per heavy atom. The van der Waals surface area contributed by atoms with E-state index >= 15 is 0 Å². The van der Waals surface area contributed by atoms with Gasteiger partial charge in [-0.25, -0.2) is 0 Å². The molecule has 1 aromatic heterocycles. The van der Waals surface area contributed by atoms with Crippen LogP contribution < -0.4 is 4.90 Å². The van der Waals surface area contributed by atoms with Crippen molar-refractivity contribution >= 4 is 34.0 Å². The molecule has 2 heterocycles. The van der Waals surface area contributed by atoms with Crippen molar-refractivity contribution in [1.82, 2.24) is 5.16 Å². The van der Waals surface area contributed by atoms with Crippen LogP contribution in [-0.4, -0.2) is 22.0 Å². The molecule has 0 radical (unpaired) electrons. The number of benzene rings is 3. The molecule has 6 heteroatoms. The van der Waals surface area contributed by atoms with Gasteiger partial charge in [0, 0.05) is 11.6 Å². The SMILES string of the molecule is Cc1cc(N2C(=O)C(=O)/C(=C(\O)c3ccc4ccccc4c3)C2c2ccccc2)no1. The molecule has 1 aliphatic heterocycles. The first-order chi connectivity index (χ1) is 15.0. The third kappa shape index (κ3) is 3.09. The van der Waals surface area contributed by atoms with Crippen LogP contribution in [-0.2, 0) is 9.59 Å². The maximum atomic E-state index is 13.1. The molecule has 31 heavy (non-hydrogen) atoms. The molecule has 1 atom stereocenters. The van der Waals surface area contributed by atoms with Gasteiger partial charge in [0.2, 0.25) is 0 Å². The summed E-state index contributed by atoms with van der Waals surface area (Å²) >= 11 is 0. The van der Waals surface area contributed by atoms with E-state index in [1.807, 2.05) is 60.7 Å². The van der Waals surface area contributed by atoms with Crippen LogP contribution in [0.5, 0.6) is 0 Å². The van der Waals surface area contributed by atoms with E-state index in [9.17, 15) is 14.7 Å². The maximum Gasteiger partial charge on any atom is 0.301 e. The molecular formula is C25H18N2O4. The lowest BCUT2D eigenvalue weighted by molar-refractivity contribution is -0.132. The van der Waals surface area contributed by atoms with Crippen molar-refractivity contribution in [2.24, 2.45) is 0 Å². The van der Waals surface area contributed by atoms with Crippen LogP contribution in [0, 0.1) is 6.92 Å². The Morgan fingerprint density at radius 2 is 1.65 bits per heavy atom. The van der Waals surface area contributed by atoms with Gasteiger partial charge in [0.1, 0.15) is 11.5 Å². The number of nitrogens with zero attached hydrogens (tertiary/aromatic N) is 2. The number of ketones is 1. The van der Waals surface area contributed by atoms with Gasteiger partial charge in [-0.15, -0.1) is 0 Å². The van der Waals surface area contributed by atoms with Gasteiger partial charge in [0.25, 0.3) is 5.78 Å². The van der Waals surface area contributed by atoms with Crippen LogP contribution in [0.15, 0.2) is 89.0 Å². The highest BCUT2D eigenvalue weighted by atomic mass is 16.5. The standard InChI is InChI=1S/C25H18N2O4/c1-15-13-20(26-31-15)27-22(17-8-3-2-4-9-17)21(24(29)25(27)30)23(28)19-12-11-16-7-5-6-10-18(16)14-19/h2-14,22,28H,1H3/b23-21-. The van der Waals surface area contributed by atoms with E-state index in [4.69, 9.17) is 4.52 Å². The lowest BCUT2D eigenvalue weighted by atomic mass is 9.94. The number of aryl methyl sites for hydroxylation is 1. The Labute approximate surface area is 178 Å². The van der Waals surface area contributed by atoms with Gasteiger partial charge in [-0.2, -0.15) is 0 Å². The number of fused-ring (bicyclic) bond motifs is 1. The Hall–Kier alpha value is -4.19. The van der Waals surface area contributed by atoms with Crippen LogP contribution in [0.4, 0.5) is 5.82 Å². The summed E-state index contributed by atoms with van der Waals surface area (Å²) in [5.74, 6) is -1.01. The lowest BCUT2D eigenvalue weighted by Crippen LogP contribution is -2.29. The average molecular weight is 410 g/mol. The van der Waals surface area contributed by atoms with Gasteiger partial charge in [0.05, 0.1) is 11.6 Å². The molecule has 6 nitrogen and oxygen atoms in total. The molecule has 0 bridgehead atoms. The predicted octanol–water partition coefficient (Wildman–Crippen LogP) is 4.76. The fraction of sp³-hybridized carbons (Fsp3) is 0.0800. The smallest absolute Gasteiger partial charge is 0.301 e. The number of aromatic nitrogens is 1. The molecule has 1 N–H and O–H groups in total.